The Kier molecular flexibility index (Phi) is 5.35. The van der Waals surface area contributed by atoms with Gasteiger partial charge in [0.1, 0.15) is 0 Å². The third-order valence-corrected chi connectivity index (χ3v) is 1.69. The Hall–Kier alpha value is -0.850. The average Bonchev–Trinajstić information content (AvgIpc) is 1.96. The number of aliphatic imine (C=N–C) groups is 1. The van der Waals surface area contributed by atoms with Crippen LogP contribution in [0.5, 0.6) is 0 Å². The standard InChI is InChI=1S/C11H19N/c1-6-12-8-7-11(9(2)3)10(4)5/h6-9H,1-5H3/b8-7-,12-6?. The first-order valence-electron chi connectivity index (χ1n) is 4.41. The Labute approximate surface area is 75.9 Å². The van der Waals surface area contributed by atoms with Gasteiger partial charge in [0.2, 0.25) is 0 Å². The Morgan fingerprint density at radius 1 is 1.25 bits per heavy atom. The highest BCUT2D eigenvalue weighted by Gasteiger charge is 1.99. The van der Waals surface area contributed by atoms with Crippen LogP contribution in [0.25, 0.3) is 0 Å². The van der Waals surface area contributed by atoms with Crippen LogP contribution in [-0.2, 0) is 0 Å². The van der Waals surface area contributed by atoms with Gasteiger partial charge in [-0.05, 0) is 38.3 Å². The molecule has 0 aromatic heterocycles. The van der Waals surface area contributed by atoms with Crippen LogP contribution in [0.15, 0.2) is 28.4 Å². The molecule has 0 aliphatic heterocycles. The van der Waals surface area contributed by atoms with E-state index in [1.54, 1.807) is 6.21 Å². The van der Waals surface area contributed by atoms with Crippen molar-refractivity contribution < 1.29 is 0 Å². The predicted molar refractivity (Wildman–Crippen MR) is 56.5 cm³/mol. The van der Waals surface area contributed by atoms with E-state index in [1.165, 1.54) is 11.1 Å². The van der Waals surface area contributed by atoms with Crippen LogP contribution in [0.4, 0.5) is 0 Å². The van der Waals surface area contributed by atoms with Gasteiger partial charge < -0.3 is 0 Å². The first kappa shape index (κ1) is 11.2. The molecule has 0 spiro atoms. The smallest absolute Gasteiger partial charge is 0.0266 e. The van der Waals surface area contributed by atoms with Crippen molar-refractivity contribution in [3.05, 3.63) is 23.4 Å². The zero-order valence-corrected chi connectivity index (χ0v) is 8.76. The molecule has 0 aromatic carbocycles. The van der Waals surface area contributed by atoms with Crippen molar-refractivity contribution in [2.24, 2.45) is 10.9 Å². The van der Waals surface area contributed by atoms with E-state index in [9.17, 15) is 0 Å². The Morgan fingerprint density at radius 2 is 1.83 bits per heavy atom. The minimum absolute atomic E-state index is 0.582. The number of allylic oxidation sites excluding steroid dienone is 3. The summed E-state index contributed by atoms with van der Waals surface area (Å²) in [6.07, 6.45) is 5.72. The molecule has 0 saturated heterocycles. The van der Waals surface area contributed by atoms with E-state index in [0.29, 0.717) is 5.92 Å². The lowest BCUT2D eigenvalue weighted by molar-refractivity contribution is 0.779. The van der Waals surface area contributed by atoms with Gasteiger partial charge in [-0.2, -0.15) is 0 Å². The fraction of sp³-hybridized carbons (Fsp3) is 0.545. The molecule has 0 amide bonds. The van der Waals surface area contributed by atoms with Gasteiger partial charge in [0, 0.05) is 12.4 Å². The van der Waals surface area contributed by atoms with E-state index >= 15 is 0 Å². The number of hydrogen-bond donors (Lipinski definition) is 0. The molecule has 0 bridgehead atoms. The van der Waals surface area contributed by atoms with Crippen LogP contribution in [0, 0.1) is 5.92 Å². The molecule has 68 valence electrons. The molecule has 0 aliphatic rings. The van der Waals surface area contributed by atoms with Crippen molar-refractivity contribution in [1.29, 1.82) is 0 Å². The summed E-state index contributed by atoms with van der Waals surface area (Å²) in [5, 5.41) is 0. The molecule has 0 rings (SSSR count). The van der Waals surface area contributed by atoms with Crippen molar-refractivity contribution in [2.45, 2.75) is 34.6 Å². The van der Waals surface area contributed by atoms with Gasteiger partial charge in [-0.1, -0.05) is 19.4 Å². The fourth-order valence-corrected chi connectivity index (χ4v) is 1.15. The van der Waals surface area contributed by atoms with Gasteiger partial charge in [0.15, 0.2) is 0 Å². The maximum atomic E-state index is 4.04. The van der Waals surface area contributed by atoms with Crippen LogP contribution >= 0.6 is 0 Å². The maximum Gasteiger partial charge on any atom is 0.0266 e. The van der Waals surface area contributed by atoms with Gasteiger partial charge in [0.05, 0.1) is 0 Å². The molecule has 0 radical (unpaired) electrons. The summed E-state index contributed by atoms with van der Waals surface area (Å²) in [5.74, 6) is 0.582. The van der Waals surface area contributed by atoms with Crippen molar-refractivity contribution in [3.63, 3.8) is 0 Å². The summed E-state index contributed by atoms with van der Waals surface area (Å²) in [5.41, 5.74) is 2.74. The van der Waals surface area contributed by atoms with Crippen LogP contribution < -0.4 is 0 Å². The van der Waals surface area contributed by atoms with Crippen LogP contribution in [-0.4, -0.2) is 6.21 Å². The zero-order chi connectivity index (χ0) is 9.56. The van der Waals surface area contributed by atoms with E-state index in [1.807, 2.05) is 13.1 Å². The Bertz CT molecular complexity index is 203. The molecule has 0 saturated carbocycles. The Morgan fingerprint density at radius 3 is 2.17 bits per heavy atom. The van der Waals surface area contributed by atoms with E-state index in [2.05, 4.69) is 38.8 Å². The summed E-state index contributed by atoms with van der Waals surface area (Å²) in [7, 11) is 0. The minimum atomic E-state index is 0.582. The molecule has 12 heavy (non-hydrogen) atoms. The highest BCUT2D eigenvalue weighted by Crippen LogP contribution is 2.15. The molecule has 0 fully saturated rings. The molecule has 0 atom stereocenters. The van der Waals surface area contributed by atoms with Crippen molar-refractivity contribution >= 4 is 6.21 Å². The molecule has 1 heteroatoms. The van der Waals surface area contributed by atoms with Crippen molar-refractivity contribution in [1.82, 2.24) is 0 Å². The van der Waals surface area contributed by atoms with Crippen LogP contribution in [0.3, 0.4) is 0 Å². The van der Waals surface area contributed by atoms with E-state index in [-0.39, 0.29) is 0 Å². The summed E-state index contributed by atoms with van der Waals surface area (Å²) >= 11 is 0. The first-order valence-corrected chi connectivity index (χ1v) is 4.41. The summed E-state index contributed by atoms with van der Waals surface area (Å²) in [6, 6.07) is 0. The SMILES string of the molecule is CC=N/C=C\C(=C(C)C)C(C)C. The van der Waals surface area contributed by atoms with Crippen LogP contribution in [0.2, 0.25) is 0 Å². The second kappa shape index (κ2) is 5.76. The molecular formula is C11H19N. The lowest BCUT2D eigenvalue weighted by Crippen LogP contribution is -1.92. The van der Waals surface area contributed by atoms with Gasteiger partial charge in [-0.15, -0.1) is 0 Å². The minimum Gasteiger partial charge on any atom is -0.269 e. The summed E-state index contributed by atoms with van der Waals surface area (Å²) < 4.78 is 0. The molecule has 0 N–H and O–H groups in total. The number of nitrogens with zero attached hydrogens (tertiary/aromatic N) is 1. The lowest BCUT2D eigenvalue weighted by Gasteiger charge is -2.07. The number of hydrogen-bond acceptors (Lipinski definition) is 1. The zero-order valence-electron chi connectivity index (χ0n) is 8.76. The van der Waals surface area contributed by atoms with Gasteiger partial charge >= 0.3 is 0 Å². The maximum absolute atomic E-state index is 4.04. The largest absolute Gasteiger partial charge is 0.269 e. The molecule has 1 nitrogen and oxygen atoms in total. The fourth-order valence-electron chi connectivity index (χ4n) is 1.15. The summed E-state index contributed by atoms with van der Waals surface area (Å²) in [6.45, 7) is 10.6. The van der Waals surface area contributed by atoms with Crippen molar-refractivity contribution in [2.75, 3.05) is 0 Å². The van der Waals surface area contributed by atoms with E-state index < -0.39 is 0 Å². The average molecular weight is 165 g/mol. The van der Waals surface area contributed by atoms with Crippen molar-refractivity contribution in [3.8, 4) is 0 Å². The topological polar surface area (TPSA) is 12.4 Å². The van der Waals surface area contributed by atoms with Gasteiger partial charge in [-0.3, -0.25) is 4.99 Å². The normalized spacial score (nSPS) is 11.8. The van der Waals surface area contributed by atoms with E-state index in [0.717, 1.165) is 0 Å². The molecule has 0 heterocycles. The Balaban J connectivity index is 4.47. The van der Waals surface area contributed by atoms with E-state index in [4.69, 9.17) is 0 Å². The van der Waals surface area contributed by atoms with Gasteiger partial charge in [0.25, 0.3) is 0 Å². The second-order valence-electron chi connectivity index (χ2n) is 3.33. The molecule has 0 unspecified atom stereocenters. The molecular weight excluding hydrogens is 146 g/mol. The first-order chi connectivity index (χ1) is 5.59. The third-order valence-electron chi connectivity index (χ3n) is 1.69. The summed E-state index contributed by atoms with van der Waals surface area (Å²) in [4.78, 5) is 4.04. The highest BCUT2D eigenvalue weighted by atomic mass is 14.6. The highest BCUT2D eigenvalue weighted by molar-refractivity contribution is 5.54. The quantitative estimate of drug-likeness (QED) is 0.447. The number of rotatable bonds is 3. The lowest BCUT2D eigenvalue weighted by atomic mass is 9.99. The van der Waals surface area contributed by atoms with Gasteiger partial charge in [-0.25, -0.2) is 0 Å². The molecule has 0 aliphatic carbocycles. The van der Waals surface area contributed by atoms with Crippen LogP contribution in [0.1, 0.15) is 34.6 Å². The monoisotopic (exact) mass is 165 g/mol. The second-order valence-corrected chi connectivity index (χ2v) is 3.33. The predicted octanol–water partition coefficient (Wildman–Crippen LogP) is 3.58. The molecule has 0 aromatic rings. The third kappa shape index (κ3) is 4.12.